The summed E-state index contributed by atoms with van der Waals surface area (Å²) in [6, 6.07) is 9.40. The van der Waals surface area contributed by atoms with E-state index in [0.29, 0.717) is 40.7 Å². The van der Waals surface area contributed by atoms with Gasteiger partial charge in [0.1, 0.15) is 27.4 Å². The third-order valence-electron chi connectivity index (χ3n) is 7.33. The predicted octanol–water partition coefficient (Wildman–Crippen LogP) is 5.36. The molecule has 0 spiro atoms. The van der Waals surface area contributed by atoms with Gasteiger partial charge >= 0.3 is 0 Å². The quantitative estimate of drug-likeness (QED) is 0.0409. The number of non-ortho nitro benzene ring substituents is 1. The smallest absolute Gasteiger partial charge is 0.297 e. The van der Waals surface area contributed by atoms with Crippen molar-refractivity contribution in [2.75, 3.05) is 55.0 Å². The summed E-state index contributed by atoms with van der Waals surface area (Å²) >= 11 is 1.11. The maximum atomic E-state index is 14.0. The number of benzene rings is 3. The van der Waals surface area contributed by atoms with Crippen LogP contribution in [0.3, 0.4) is 0 Å². The first-order valence-corrected chi connectivity index (χ1v) is 17.1. The summed E-state index contributed by atoms with van der Waals surface area (Å²) < 4.78 is 74.8. The first-order chi connectivity index (χ1) is 24.5. The van der Waals surface area contributed by atoms with E-state index in [1.165, 1.54) is 35.5 Å². The number of ether oxygens (including phenoxy) is 6. The molecule has 0 N–H and O–H groups in total. The molecule has 0 atom stereocenters. The van der Waals surface area contributed by atoms with Gasteiger partial charge in [-0.15, -0.1) is 10.2 Å². The van der Waals surface area contributed by atoms with Gasteiger partial charge in [-0.3, -0.25) is 19.1 Å². The molecule has 0 saturated heterocycles. The zero-order valence-corrected chi connectivity index (χ0v) is 29.7. The molecule has 2 heterocycles. The van der Waals surface area contributed by atoms with Gasteiger partial charge in [0.05, 0.1) is 59.8 Å². The molecule has 51 heavy (non-hydrogen) atoms. The van der Waals surface area contributed by atoms with Crippen LogP contribution in [0.5, 0.6) is 34.5 Å². The number of fused-ring (bicyclic) bond motifs is 1. The molecule has 17 nitrogen and oxygen atoms in total. The van der Waals surface area contributed by atoms with Crippen molar-refractivity contribution in [3.05, 3.63) is 62.8 Å². The normalized spacial score (nSPS) is 11.3. The van der Waals surface area contributed by atoms with Gasteiger partial charge in [-0.1, -0.05) is 11.8 Å². The molecule has 5 aromatic rings. The second-order valence-corrected chi connectivity index (χ2v) is 12.9. The fraction of sp³-hybridized carbons (Fsp3) is 0.281. The van der Waals surface area contributed by atoms with Gasteiger partial charge in [0.2, 0.25) is 22.8 Å². The molecule has 2 aromatic heterocycles. The zero-order valence-electron chi connectivity index (χ0n) is 28.0. The molecule has 0 aliphatic heterocycles. The van der Waals surface area contributed by atoms with Crippen LogP contribution >= 0.6 is 11.8 Å². The highest BCUT2D eigenvalue weighted by atomic mass is 32.2. The zero-order chi connectivity index (χ0) is 36.9. The Labute approximate surface area is 294 Å². The van der Waals surface area contributed by atoms with Gasteiger partial charge in [-0.05, 0) is 24.6 Å². The largest absolute Gasteiger partial charge is 0.496 e. The summed E-state index contributed by atoms with van der Waals surface area (Å²) in [5.74, 6) is 1.63. The molecular formula is C32H31N3O14S2. The van der Waals surface area contributed by atoms with Crippen molar-refractivity contribution in [2.45, 2.75) is 16.5 Å². The molecule has 19 heteroatoms. The van der Waals surface area contributed by atoms with E-state index in [1.807, 2.05) is 0 Å². The van der Waals surface area contributed by atoms with Gasteiger partial charge in [-0.25, -0.2) is 0 Å². The number of hydrogen-bond donors (Lipinski definition) is 0. The Morgan fingerprint density at radius 2 is 1.55 bits per heavy atom. The summed E-state index contributed by atoms with van der Waals surface area (Å²) in [7, 11) is 3.96. The number of aromatic nitrogens is 2. The molecule has 0 saturated carbocycles. The molecule has 270 valence electrons. The summed E-state index contributed by atoms with van der Waals surface area (Å²) in [4.78, 5) is 24.3. The van der Waals surface area contributed by atoms with Crippen molar-refractivity contribution in [1.82, 2.24) is 10.2 Å². The standard InChI is InChI=1S/C32H31N3O14S2/c1-41-19-15-21(42-2)26-22(16-19)48-28(17-12-23(43-3)29(45-5)24(13-17)44-4)30(27(26)36)47-10-7-11-50-32-34-33-31(49-32)20-14-18(35(37)38)8-9-25(20)51(39,40)46-6/h8-9,12-16H,7,10-11H2,1-6H3. The summed E-state index contributed by atoms with van der Waals surface area (Å²) in [5, 5.41) is 19.3. The lowest BCUT2D eigenvalue weighted by Gasteiger charge is -2.16. The Morgan fingerprint density at radius 1 is 0.843 bits per heavy atom. The van der Waals surface area contributed by atoms with Crippen molar-refractivity contribution >= 4 is 38.5 Å². The number of nitro benzene ring substituents is 1. The summed E-state index contributed by atoms with van der Waals surface area (Å²) in [6.07, 6.45) is 0.356. The number of nitrogens with zero attached hydrogens (tertiary/aromatic N) is 3. The van der Waals surface area contributed by atoms with Gasteiger partial charge < -0.3 is 37.3 Å². The highest BCUT2D eigenvalue weighted by Crippen LogP contribution is 2.44. The maximum absolute atomic E-state index is 14.0. The number of hydrogen-bond acceptors (Lipinski definition) is 17. The lowest BCUT2D eigenvalue weighted by atomic mass is 10.1. The van der Waals surface area contributed by atoms with Crippen LogP contribution in [0.25, 0.3) is 33.7 Å². The molecular weight excluding hydrogens is 714 g/mol. The molecule has 0 amide bonds. The molecule has 0 aliphatic carbocycles. The van der Waals surface area contributed by atoms with E-state index in [1.54, 1.807) is 24.3 Å². The van der Waals surface area contributed by atoms with E-state index in [0.717, 1.165) is 37.1 Å². The van der Waals surface area contributed by atoms with Gasteiger partial charge in [0.25, 0.3) is 21.0 Å². The minimum absolute atomic E-state index is 0.0290. The van der Waals surface area contributed by atoms with E-state index >= 15 is 0 Å². The molecule has 0 bridgehead atoms. The number of methoxy groups -OCH3 is 5. The monoisotopic (exact) mass is 745 g/mol. The Hall–Kier alpha value is -5.53. The molecule has 0 unspecified atom stereocenters. The van der Waals surface area contributed by atoms with Crippen LogP contribution in [-0.4, -0.2) is 78.6 Å². The van der Waals surface area contributed by atoms with E-state index in [-0.39, 0.29) is 62.1 Å². The average molecular weight is 746 g/mol. The second kappa shape index (κ2) is 15.6. The second-order valence-electron chi connectivity index (χ2n) is 10.2. The maximum Gasteiger partial charge on any atom is 0.297 e. The molecule has 0 radical (unpaired) electrons. The minimum Gasteiger partial charge on any atom is -0.496 e. The van der Waals surface area contributed by atoms with Crippen LogP contribution < -0.4 is 33.8 Å². The Morgan fingerprint density at radius 3 is 2.16 bits per heavy atom. The van der Waals surface area contributed by atoms with Crippen LogP contribution in [0.2, 0.25) is 0 Å². The van der Waals surface area contributed by atoms with Gasteiger partial charge in [0.15, 0.2) is 17.3 Å². The summed E-state index contributed by atoms with van der Waals surface area (Å²) in [5.41, 5.74) is -0.508. The number of rotatable bonds is 16. The third kappa shape index (κ3) is 7.49. The van der Waals surface area contributed by atoms with Crippen LogP contribution in [-0.2, 0) is 14.3 Å². The van der Waals surface area contributed by atoms with Crippen molar-refractivity contribution in [3.63, 3.8) is 0 Å². The third-order valence-corrected chi connectivity index (χ3v) is 9.57. The van der Waals surface area contributed by atoms with Crippen LogP contribution in [0.15, 0.2) is 66.2 Å². The van der Waals surface area contributed by atoms with Crippen LogP contribution in [0.4, 0.5) is 5.69 Å². The van der Waals surface area contributed by atoms with E-state index in [2.05, 4.69) is 14.4 Å². The van der Waals surface area contributed by atoms with Crippen molar-refractivity contribution in [3.8, 4) is 57.3 Å². The first-order valence-electron chi connectivity index (χ1n) is 14.7. The Kier molecular flexibility index (Phi) is 11.2. The SMILES string of the molecule is COc1cc(OC)c2c(=O)c(OCCCSc3nnc(-c4cc([N+](=O)[O-])ccc4S(=O)(=O)OC)o3)c(-c3cc(OC)c(OC)c(OC)c3)oc2c1. The van der Waals surface area contributed by atoms with Gasteiger partial charge in [-0.2, -0.15) is 8.42 Å². The highest BCUT2D eigenvalue weighted by Gasteiger charge is 2.27. The minimum atomic E-state index is -4.26. The lowest BCUT2D eigenvalue weighted by Crippen LogP contribution is -2.12. The molecule has 0 aliphatic rings. The summed E-state index contributed by atoms with van der Waals surface area (Å²) in [6.45, 7) is 0.0290. The van der Waals surface area contributed by atoms with E-state index in [4.69, 9.17) is 37.3 Å². The highest BCUT2D eigenvalue weighted by molar-refractivity contribution is 7.99. The molecule has 5 rings (SSSR count). The Balaban J connectivity index is 1.42. The van der Waals surface area contributed by atoms with Crippen molar-refractivity contribution in [2.24, 2.45) is 0 Å². The van der Waals surface area contributed by atoms with Gasteiger partial charge in [0, 0.05) is 35.6 Å². The Bertz CT molecular complexity index is 2230. The first kappa shape index (κ1) is 36.7. The fourth-order valence-electron chi connectivity index (χ4n) is 4.93. The molecule has 0 fully saturated rings. The fourth-order valence-corrected chi connectivity index (χ4v) is 6.43. The van der Waals surface area contributed by atoms with Crippen molar-refractivity contribution in [1.29, 1.82) is 0 Å². The molecule has 3 aromatic carbocycles. The number of thioether (sulfide) groups is 1. The van der Waals surface area contributed by atoms with Crippen LogP contribution in [0.1, 0.15) is 6.42 Å². The van der Waals surface area contributed by atoms with Crippen LogP contribution in [0, 0.1) is 10.1 Å². The predicted molar refractivity (Wildman–Crippen MR) is 182 cm³/mol. The van der Waals surface area contributed by atoms with E-state index in [9.17, 15) is 23.3 Å². The topological polar surface area (TPSA) is 211 Å². The average Bonchev–Trinajstić information content (AvgIpc) is 3.62. The number of nitro groups is 1. The van der Waals surface area contributed by atoms with E-state index < -0.39 is 20.5 Å². The van der Waals surface area contributed by atoms with Crippen molar-refractivity contribution < 1.29 is 54.8 Å². The lowest BCUT2D eigenvalue weighted by molar-refractivity contribution is -0.384.